The molecule has 1 aliphatic heterocycles. The van der Waals surface area contributed by atoms with E-state index >= 15 is 0 Å². The zero-order chi connectivity index (χ0) is 23.3. The Morgan fingerprint density at radius 2 is 1.91 bits per heavy atom. The van der Waals surface area contributed by atoms with E-state index in [0.717, 1.165) is 5.56 Å². The number of ether oxygens (including phenoxy) is 1. The maximum Gasteiger partial charge on any atom is 0.260 e. The lowest BCUT2D eigenvalue weighted by Crippen LogP contribution is -2.45. The standard InChI is InChI=1S/C23H23ClFN3O4/c24-16-3-6-19(18(11-16)21(30)22(27)31)32-13-20(29)28-9-7-23(14-26,8-10-28)12-15-1-4-17(25)5-2-15/h1-6,11,21,30H,7-10,12-13H2,(H2,27,31). The molecule has 0 bridgehead atoms. The van der Waals surface area contributed by atoms with Crippen LogP contribution in [0.3, 0.4) is 0 Å². The lowest BCUT2D eigenvalue weighted by atomic mass is 9.75. The summed E-state index contributed by atoms with van der Waals surface area (Å²) in [5.41, 5.74) is 5.49. The number of rotatable bonds is 7. The van der Waals surface area contributed by atoms with E-state index in [4.69, 9.17) is 22.1 Å². The van der Waals surface area contributed by atoms with E-state index in [0.29, 0.717) is 32.4 Å². The lowest BCUT2D eigenvalue weighted by Gasteiger charge is -2.37. The molecule has 3 N–H and O–H groups in total. The van der Waals surface area contributed by atoms with Gasteiger partial charge in [0, 0.05) is 23.7 Å². The van der Waals surface area contributed by atoms with Gasteiger partial charge < -0.3 is 20.5 Å². The molecular weight excluding hydrogens is 437 g/mol. The molecule has 32 heavy (non-hydrogen) atoms. The Labute approximate surface area is 190 Å². The smallest absolute Gasteiger partial charge is 0.260 e. The first-order valence-corrected chi connectivity index (χ1v) is 10.4. The van der Waals surface area contributed by atoms with E-state index in [1.165, 1.54) is 30.3 Å². The van der Waals surface area contributed by atoms with Gasteiger partial charge in [-0.25, -0.2) is 4.39 Å². The molecule has 0 saturated carbocycles. The van der Waals surface area contributed by atoms with E-state index in [-0.39, 0.29) is 34.7 Å². The summed E-state index contributed by atoms with van der Waals surface area (Å²) in [5.74, 6) is -1.44. The summed E-state index contributed by atoms with van der Waals surface area (Å²) in [4.78, 5) is 25.6. The van der Waals surface area contributed by atoms with Crippen molar-refractivity contribution in [2.45, 2.75) is 25.4 Å². The maximum atomic E-state index is 13.1. The van der Waals surface area contributed by atoms with E-state index < -0.39 is 17.4 Å². The highest BCUT2D eigenvalue weighted by molar-refractivity contribution is 6.30. The third-order valence-corrected chi connectivity index (χ3v) is 5.89. The van der Waals surface area contributed by atoms with E-state index in [1.54, 1.807) is 17.0 Å². The zero-order valence-corrected chi connectivity index (χ0v) is 18.0. The second-order valence-corrected chi connectivity index (χ2v) is 8.29. The van der Waals surface area contributed by atoms with Crippen LogP contribution in [0.5, 0.6) is 5.75 Å². The van der Waals surface area contributed by atoms with Gasteiger partial charge in [-0.2, -0.15) is 5.26 Å². The molecule has 2 aromatic rings. The van der Waals surface area contributed by atoms with Gasteiger partial charge in [0.05, 0.1) is 11.5 Å². The van der Waals surface area contributed by atoms with Crippen LogP contribution in [-0.2, 0) is 16.0 Å². The molecular formula is C23H23ClFN3O4. The van der Waals surface area contributed by atoms with Gasteiger partial charge in [-0.1, -0.05) is 23.7 Å². The van der Waals surface area contributed by atoms with Gasteiger partial charge in [0.2, 0.25) is 0 Å². The molecule has 0 spiro atoms. The number of nitriles is 1. The van der Waals surface area contributed by atoms with E-state index in [1.807, 2.05) is 0 Å². The molecule has 1 saturated heterocycles. The monoisotopic (exact) mass is 459 g/mol. The van der Waals surface area contributed by atoms with Crippen LogP contribution in [0.2, 0.25) is 5.02 Å². The average molecular weight is 460 g/mol. The molecule has 1 heterocycles. The summed E-state index contributed by atoms with van der Waals surface area (Å²) in [5, 5.41) is 20.0. The third-order valence-electron chi connectivity index (χ3n) is 5.65. The molecule has 7 nitrogen and oxygen atoms in total. The molecule has 9 heteroatoms. The summed E-state index contributed by atoms with van der Waals surface area (Å²) in [7, 11) is 0. The van der Waals surface area contributed by atoms with Crippen molar-refractivity contribution in [3.05, 3.63) is 64.4 Å². The predicted molar refractivity (Wildman–Crippen MR) is 115 cm³/mol. The SMILES string of the molecule is N#CC1(Cc2ccc(F)cc2)CCN(C(=O)COc2ccc(Cl)cc2C(O)C(N)=O)CC1. The Balaban J connectivity index is 1.60. The number of nitrogens with two attached hydrogens (primary N) is 1. The fourth-order valence-electron chi connectivity index (χ4n) is 3.75. The Morgan fingerprint density at radius 3 is 2.50 bits per heavy atom. The number of likely N-dealkylation sites (tertiary alicyclic amines) is 1. The molecule has 168 valence electrons. The van der Waals surface area contributed by atoms with Crippen molar-refractivity contribution in [2.24, 2.45) is 11.1 Å². The number of nitrogens with zero attached hydrogens (tertiary/aromatic N) is 2. The van der Waals surface area contributed by atoms with Crippen LogP contribution in [-0.4, -0.2) is 41.5 Å². The number of aliphatic hydroxyl groups is 1. The average Bonchev–Trinajstić information content (AvgIpc) is 2.79. The molecule has 0 aromatic heterocycles. The Morgan fingerprint density at radius 1 is 1.25 bits per heavy atom. The number of benzene rings is 2. The highest BCUT2D eigenvalue weighted by Gasteiger charge is 2.36. The van der Waals surface area contributed by atoms with Crippen LogP contribution in [0.4, 0.5) is 4.39 Å². The predicted octanol–water partition coefficient (Wildman–Crippen LogP) is 2.75. The number of primary amides is 1. The third kappa shape index (κ3) is 5.55. The summed E-state index contributed by atoms with van der Waals surface area (Å²) in [6, 6.07) is 12.8. The fraction of sp³-hybridized carbons (Fsp3) is 0.348. The minimum atomic E-state index is -1.61. The second kappa shape index (κ2) is 9.98. The van der Waals surface area contributed by atoms with Gasteiger partial charge >= 0.3 is 0 Å². The minimum Gasteiger partial charge on any atom is -0.483 e. The second-order valence-electron chi connectivity index (χ2n) is 7.85. The number of amides is 2. The van der Waals surface area contributed by atoms with Crippen molar-refractivity contribution in [3.8, 4) is 11.8 Å². The molecule has 2 amide bonds. The lowest BCUT2D eigenvalue weighted by molar-refractivity contribution is -0.135. The van der Waals surface area contributed by atoms with Gasteiger partial charge in [0.15, 0.2) is 12.7 Å². The number of hydrogen-bond acceptors (Lipinski definition) is 5. The normalized spacial score (nSPS) is 16.1. The quantitative estimate of drug-likeness (QED) is 0.660. The zero-order valence-electron chi connectivity index (χ0n) is 17.3. The number of hydrogen-bond donors (Lipinski definition) is 2. The first-order valence-electron chi connectivity index (χ1n) is 10.1. The molecule has 1 atom stereocenters. The van der Waals surface area contributed by atoms with Crippen LogP contribution in [0.1, 0.15) is 30.1 Å². The Bertz CT molecular complexity index is 1030. The number of halogens is 2. The largest absolute Gasteiger partial charge is 0.483 e. The van der Waals surface area contributed by atoms with Crippen LogP contribution >= 0.6 is 11.6 Å². The van der Waals surface area contributed by atoms with Crippen molar-refractivity contribution < 1.29 is 23.8 Å². The first kappa shape index (κ1) is 23.5. The Hall–Kier alpha value is -3.15. The summed E-state index contributed by atoms with van der Waals surface area (Å²) >= 11 is 5.92. The van der Waals surface area contributed by atoms with Crippen molar-refractivity contribution in [3.63, 3.8) is 0 Å². The van der Waals surface area contributed by atoms with Crippen molar-refractivity contribution in [1.29, 1.82) is 5.26 Å². The van der Waals surface area contributed by atoms with Crippen molar-refractivity contribution in [1.82, 2.24) is 4.90 Å². The number of carbonyl (C=O) groups is 2. The molecule has 3 rings (SSSR count). The molecule has 1 fully saturated rings. The number of carbonyl (C=O) groups excluding carboxylic acids is 2. The molecule has 1 unspecified atom stereocenters. The topological polar surface area (TPSA) is 117 Å². The summed E-state index contributed by atoms with van der Waals surface area (Å²) < 4.78 is 18.7. The van der Waals surface area contributed by atoms with Gasteiger partial charge in [0.1, 0.15) is 11.6 Å². The van der Waals surface area contributed by atoms with E-state index in [2.05, 4.69) is 6.07 Å². The van der Waals surface area contributed by atoms with Gasteiger partial charge in [-0.3, -0.25) is 9.59 Å². The van der Waals surface area contributed by atoms with Crippen molar-refractivity contribution in [2.75, 3.05) is 19.7 Å². The highest BCUT2D eigenvalue weighted by atomic mass is 35.5. The fourth-order valence-corrected chi connectivity index (χ4v) is 3.93. The molecule has 1 aliphatic rings. The molecule has 2 aromatic carbocycles. The summed E-state index contributed by atoms with van der Waals surface area (Å²) in [6.45, 7) is 0.459. The Kier molecular flexibility index (Phi) is 7.33. The number of piperidine rings is 1. The van der Waals surface area contributed by atoms with Gasteiger partial charge in [-0.15, -0.1) is 0 Å². The molecule has 0 aliphatic carbocycles. The van der Waals surface area contributed by atoms with Gasteiger partial charge in [-0.05, 0) is 55.2 Å². The van der Waals surface area contributed by atoms with Crippen molar-refractivity contribution >= 4 is 23.4 Å². The summed E-state index contributed by atoms with van der Waals surface area (Å²) in [6.07, 6.45) is -0.156. The van der Waals surface area contributed by atoms with Crippen LogP contribution in [0, 0.1) is 22.6 Å². The van der Waals surface area contributed by atoms with Crippen LogP contribution in [0.15, 0.2) is 42.5 Å². The first-order chi connectivity index (χ1) is 15.2. The maximum absolute atomic E-state index is 13.1. The minimum absolute atomic E-state index is 0.0826. The molecule has 0 radical (unpaired) electrons. The number of aliphatic hydroxyl groups excluding tert-OH is 1. The highest BCUT2D eigenvalue weighted by Crippen LogP contribution is 2.35. The van der Waals surface area contributed by atoms with Gasteiger partial charge in [0.25, 0.3) is 11.8 Å². The van der Waals surface area contributed by atoms with Crippen LogP contribution < -0.4 is 10.5 Å². The van der Waals surface area contributed by atoms with Crippen LogP contribution in [0.25, 0.3) is 0 Å². The van der Waals surface area contributed by atoms with E-state index in [9.17, 15) is 24.3 Å².